The molecule has 0 saturated heterocycles. The number of ether oxygens (including phenoxy) is 1. The van der Waals surface area contributed by atoms with Crippen LogP contribution in [0.5, 0.6) is 5.75 Å². The highest BCUT2D eigenvalue weighted by Crippen LogP contribution is 2.26. The summed E-state index contributed by atoms with van der Waals surface area (Å²) in [5, 5.41) is 6.40. The van der Waals surface area contributed by atoms with Gasteiger partial charge in [0.2, 0.25) is 0 Å². The molecule has 1 amide bonds. The summed E-state index contributed by atoms with van der Waals surface area (Å²) in [6.07, 6.45) is 0.325. The Kier molecular flexibility index (Phi) is 6.65. The van der Waals surface area contributed by atoms with Crippen LogP contribution in [0.4, 0.5) is 13.2 Å². The molecule has 0 aliphatic rings. The Bertz CT molecular complexity index is 762. The van der Waals surface area contributed by atoms with E-state index in [1.165, 1.54) is 25.4 Å². The first-order valence-corrected chi connectivity index (χ1v) is 8.33. The van der Waals surface area contributed by atoms with Crippen LogP contribution in [0.3, 0.4) is 0 Å². The molecule has 2 aromatic rings. The maximum Gasteiger partial charge on any atom is 0.262 e. The number of nitrogens with zero attached hydrogens (tertiary/aromatic N) is 2. The van der Waals surface area contributed by atoms with Crippen LogP contribution in [0.25, 0.3) is 0 Å². The summed E-state index contributed by atoms with van der Waals surface area (Å²) < 4.78 is 47.2. The summed E-state index contributed by atoms with van der Waals surface area (Å²) in [7, 11) is 1.28. The SMILES string of the molecule is CCCCn1ncc(C(=O)N[C@@H](c2ccc(OC)c(F)c2)C(F)F)c1C. The third kappa shape index (κ3) is 4.36. The molecule has 0 radical (unpaired) electrons. The first-order chi connectivity index (χ1) is 12.4. The van der Waals surface area contributed by atoms with Crippen molar-refractivity contribution in [1.82, 2.24) is 15.1 Å². The lowest BCUT2D eigenvalue weighted by atomic mass is 10.1. The Hall–Kier alpha value is -2.51. The molecule has 0 aliphatic carbocycles. The van der Waals surface area contributed by atoms with E-state index in [1.54, 1.807) is 11.6 Å². The molecule has 8 heteroatoms. The van der Waals surface area contributed by atoms with Gasteiger partial charge in [0.1, 0.15) is 6.04 Å². The zero-order valence-corrected chi connectivity index (χ0v) is 14.9. The molecular weight excluding hydrogens is 347 g/mol. The quantitative estimate of drug-likeness (QED) is 0.768. The zero-order valence-electron chi connectivity index (χ0n) is 14.9. The summed E-state index contributed by atoms with van der Waals surface area (Å²) in [6, 6.07) is 1.85. The number of carbonyl (C=O) groups excluding carboxylic acids is 1. The van der Waals surface area contributed by atoms with Crippen LogP contribution >= 0.6 is 0 Å². The first-order valence-electron chi connectivity index (χ1n) is 8.33. The van der Waals surface area contributed by atoms with Gasteiger partial charge in [-0.2, -0.15) is 5.10 Å². The van der Waals surface area contributed by atoms with E-state index in [-0.39, 0.29) is 16.9 Å². The molecule has 0 spiro atoms. The molecule has 1 heterocycles. The summed E-state index contributed by atoms with van der Waals surface area (Å²) in [6.45, 7) is 4.40. The number of methoxy groups -OCH3 is 1. The van der Waals surface area contributed by atoms with Crippen LogP contribution in [0, 0.1) is 12.7 Å². The third-order valence-electron chi connectivity index (χ3n) is 4.14. The Labute approximate surface area is 150 Å². The average Bonchev–Trinajstić information content (AvgIpc) is 2.98. The number of amides is 1. The molecule has 2 rings (SSSR count). The minimum Gasteiger partial charge on any atom is -0.494 e. The van der Waals surface area contributed by atoms with Crippen molar-refractivity contribution in [3.05, 3.63) is 47.0 Å². The fraction of sp³-hybridized carbons (Fsp3) is 0.444. The van der Waals surface area contributed by atoms with Gasteiger partial charge in [0, 0.05) is 12.2 Å². The van der Waals surface area contributed by atoms with E-state index in [0.717, 1.165) is 18.9 Å². The van der Waals surface area contributed by atoms with Gasteiger partial charge in [-0.3, -0.25) is 9.48 Å². The number of nitrogens with one attached hydrogen (secondary N) is 1. The number of hydrogen-bond acceptors (Lipinski definition) is 3. The molecule has 0 unspecified atom stereocenters. The summed E-state index contributed by atoms with van der Waals surface area (Å²) in [4.78, 5) is 12.4. The lowest BCUT2D eigenvalue weighted by Gasteiger charge is -2.19. The molecule has 1 aromatic carbocycles. The van der Waals surface area contributed by atoms with Crippen molar-refractivity contribution >= 4 is 5.91 Å². The van der Waals surface area contributed by atoms with Crippen molar-refractivity contribution in [2.75, 3.05) is 7.11 Å². The topological polar surface area (TPSA) is 56.2 Å². The van der Waals surface area contributed by atoms with Crippen LogP contribution in [0.2, 0.25) is 0 Å². The number of unbranched alkanes of at least 4 members (excludes halogenated alkanes) is 1. The van der Waals surface area contributed by atoms with Crippen molar-refractivity contribution in [3.63, 3.8) is 0 Å². The summed E-state index contributed by atoms with van der Waals surface area (Å²) in [5.74, 6) is -1.50. The van der Waals surface area contributed by atoms with Crippen molar-refractivity contribution in [1.29, 1.82) is 0 Å². The number of carbonyl (C=O) groups is 1. The van der Waals surface area contributed by atoms with Gasteiger partial charge in [0.25, 0.3) is 12.3 Å². The minimum absolute atomic E-state index is 0.0392. The highest BCUT2D eigenvalue weighted by molar-refractivity contribution is 5.95. The fourth-order valence-corrected chi connectivity index (χ4v) is 2.59. The molecule has 5 nitrogen and oxygen atoms in total. The number of aryl methyl sites for hydroxylation is 1. The van der Waals surface area contributed by atoms with Gasteiger partial charge in [-0.05, 0) is 31.0 Å². The van der Waals surface area contributed by atoms with Gasteiger partial charge < -0.3 is 10.1 Å². The van der Waals surface area contributed by atoms with E-state index in [0.29, 0.717) is 12.2 Å². The predicted octanol–water partition coefficient (Wildman–Crippen LogP) is 3.88. The predicted molar refractivity (Wildman–Crippen MR) is 91.0 cm³/mol. The Morgan fingerprint density at radius 1 is 1.38 bits per heavy atom. The minimum atomic E-state index is -2.90. The van der Waals surface area contributed by atoms with E-state index in [4.69, 9.17) is 4.74 Å². The number of benzene rings is 1. The van der Waals surface area contributed by atoms with Gasteiger partial charge in [-0.15, -0.1) is 0 Å². The molecule has 1 N–H and O–H groups in total. The molecule has 26 heavy (non-hydrogen) atoms. The maximum atomic E-state index is 13.8. The molecule has 0 fully saturated rings. The van der Waals surface area contributed by atoms with Crippen molar-refractivity contribution in [3.8, 4) is 5.75 Å². The number of rotatable bonds is 8. The van der Waals surface area contributed by atoms with Crippen LogP contribution in [-0.4, -0.2) is 29.2 Å². The molecule has 142 valence electrons. The Morgan fingerprint density at radius 2 is 2.12 bits per heavy atom. The highest BCUT2D eigenvalue weighted by atomic mass is 19.3. The molecule has 0 aliphatic heterocycles. The number of alkyl halides is 2. The van der Waals surface area contributed by atoms with E-state index in [2.05, 4.69) is 10.4 Å². The summed E-state index contributed by atoms with van der Waals surface area (Å²) >= 11 is 0. The van der Waals surface area contributed by atoms with Crippen LogP contribution in [-0.2, 0) is 6.54 Å². The summed E-state index contributed by atoms with van der Waals surface area (Å²) in [5.41, 5.74) is 0.785. The van der Waals surface area contributed by atoms with E-state index in [1.807, 2.05) is 6.92 Å². The second kappa shape index (κ2) is 8.73. The van der Waals surface area contributed by atoms with Crippen molar-refractivity contribution in [2.24, 2.45) is 0 Å². The van der Waals surface area contributed by atoms with Gasteiger partial charge in [-0.25, -0.2) is 13.2 Å². The van der Waals surface area contributed by atoms with E-state index in [9.17, 15) is 18.0 Å². The maximum absolute atomic E-state index is 13.8. The van der Waals surface area contributed by atoms with Crippen molar-refractivity contribution < 1.29 is 22.7 Å². The van der Waals surface area contributed by atoms with Gasteiger partial charge in [-0.1, -0.05) is 19.4 Å². The van der Waals surface area contributed by atoms with E-state index >= 15 is 0 Å². The fourth-order valence-electron chi connectivity index (χ4n) is 2.59. The Morgan fingerprint density at radius 3 is 2.69 bits per heavy atom. The number of halogens is 3. The second-order valence-electron chi connectivity index (χ2n) is 5.90. The molecule has 0 saturated carbocycles. The van der Waals surface area contributed by atoms with Crippen molar-refractivity contribution in [2.45, 2.75) is 45.7 Å². The Balaban J connectivity index is 2.21. The molecule has 1 atom stereocenters. The van der Waals surface area contributed by atoms with Crippen LogP contribution in [0.15, 0.2) is 24.4 Å². The lowest BCUT2D eigenvalue weighted by Crippen LogP contribution is -2.33. The van der Waals surface area contributed by atoms with Crippen LogP contribution < -0.4 is 10.1 Å². The third-order valence-corrected chi connectivity index (χ3v) is 4.14. The number of hydrogen-bond donors (Lipinski definition) is 1. The smallest absolute Gasteiger partial charge is 0.262 e. The monoisotopic (exact) mass is 369 g/mol. The highest BCUT2D eigenvalue weighted by Gasteiger charge is 2.27. The second-order valence-corrected chi connectivity index (χ2v) is 5.90. The van der Waals surface area contributed by atoms with Gasteiger partial charge in [0.15, 0.2) is 11.6 Å². The van der Waals surface area contributed by atoms with Crippen LogP contribution in [0.1, 0.15) is 47.4 Å². The van der Waals surface area contributed by atoms with Gasteiger partial charge >= 0.3 is 0 Å². The lowest BCUT2D eigenvalue weighted by molar-refractivity contribution is 0.0742. The first kappa shape index (κ1) is 19.8. The van der Waals surface area contributed by atoms with Gasteiger partial charge in [0.05, 0.1) is 18.9 Å². The molecule has 1 aromatic heterocycles. The standard InChI is InChI=1S/C18H22F3N3O2/c1-4-5-8-24-11(2)13(10-22-24)18(25)23-16(17(20)21)12-6-7-15(26-3)14(19)9-12/h6-7,9-10,16-17H,4-5,8H2,1-3H3,(H,23,25)/t16-/m0/s1. The van der Waals surface area contributed by atoms with E-state index < -0.39 is 24.2 Å². The molecular formula is C18H22F3N3O2. The molecule has 0 bridgehead atoms. The average molecular weight is 369 g/mol. The normalized spacial score (nSPS) is 12.3. The zero-order chi connectivity index (χ0) is 19.3. The number of aromatic nitrogens is 2. The largest absolute Gasteiger partial charge is 0.494 e.